The maximum atomic E-state index is 11.1. The Balaban J connectivity index is 3.87. The molecule has 0 aliphatic heterocycles. The lowest BCUT2D eigenvalue weighted by Gasteiger charge is -2.07. The van der Waals surface area contributed by atoms with Crippen molar-refractivity contribution in [1.82, 2.24) is 5.32 Å². The van der Waals surface area contributed by atoms with Crippen LogP contribution in [0.5, 0.6) is 0 Å². The summed E-state index contributed by atoms with van der Waals surface area (Å²) in [4.78, 5) is 11.1. The van der Waals surface area contributed by atoms with Crippen molar-refractivity contribution in [3.8, 4) is 0 Å². The number of carbonyl (C=O) groups is 1. The van der Waals surface area contributed by atoms with Gasteiger partial charge in [-0.15, -0.1) is 0 Å². The number of allylic oxidation sites excluding steroid dienone is 2. The number of nitrogens with one attached hydrogen (secondary N) is 1. The number of ketones is 1. The second-order valence-electron chi connectivity index (χ2n) is 3.12. The Bertz CT molecular complexity index is 173. The van der Waals surface area contributed by atoms with Gasteiger partial charge in [0.15, 0.2) is 5.78 Å². The third kappa shape index (κ3) is 6.38. The predicted octanol–water partition coefficient (Wildman–Crippen LogP) is 2.65. The molecule has 0 fully saturated rings. The highest BCUT2D eigenvalue weighted by molar-refractivity contribution is 5.89. The van der Waals surface area contributed by atoms with E-state index < -0.39 is 0 Å². The average molecular weight is 183 g/mol. The van der Waals surface area contributed by atoms with Crippen LogP contribution in [0.1, 0.15) is 46.5 Å². The van der Waals surface area contributed by atoms with Gasteiger partial charge in [-0.3, -0.25) is 4.79 Å². The van der Waals surface area contributed by atoms with Crippen LogP contribution >= 0.6 is 0 Å². The molecule has 0 bridgehead atoms. The third-order valence-corrected chi connectivity index (χ3v) is 1.95. The lowest BCUT2D eigenvalue weighted by atomic mass is 10.2. The van der Waals surface area contributed by atoms with E-state index in [4.69, 9.17) is 0 Å². The van der Waals surface area contributed by atoms with Crippen molar-refractivity contribution >= 4 is 5.78 Å². The zero-order valence-corrected chi connectivity index (χ0v) is 9.02. The molecule has 2 heteroatoms. The fourth-order valence-corrected chi connectivity index (χ4v) is 1.00. The molecule has 13 heavy (non-hydrogen) atoms. The summed E-state index contributed by atoms with van der Waals surface area (Å²) in [7, 11) is 0. The first-order chi connectivity index (χ1) is 6.24. The van der Waals surface area contributed by atoms with E-state index >= 15 is 0 Å². The van der Waals surface area contributed by atoms with E-state index in [2.05, 4.69) is 19.2 Å². The van der Waals surface area contributed by atoms with Crippen LogP contribution < -0.4 is 5.32 Å². The van der Waals surface area contributed by atoms with Crippen LogP contribution in [-0.4, -0.2) is 12.3 Å². The van der Waals surface area contributed by atoms with Gasteiger partial charge < -0.3 is 5.32 Å². The van der Waals surface area contributed by atoms with Crippen LogP contribution in [0.25, 0.3) is 0 Å². The van der Waals surface area contributed by atoms with Crippen molar-refractivity contribution in [2.75, 3.05) is 6.54 Å². The first-order valence-corrected chi connectivity index (χ1v) is 5.21. The van der Waals surface area contributed by atoms with Crippen LogP contribution in [0, 0.1) is 0 Å². The minimum absolute atomic E-state index is 0.209. The van der Waals surface area contributed by atoms with Gasteiger partial charge in [0.1, 0.15) is 0 Å². The second-order valence-corrected chi connectivity index (χ2v) is 3.12. The molecule has 0 saturated carbocycles. The standard InChI is InChI=1S/C11H21NO/c1-4-7-8-12-10(5-2)9-11(13)6-3/h9,12H,4-8H2,1-3H3/b10-9-. The molecule has 0 aromatic carbocycles. The highest BCUT2D eigenvalue weighted by Gasteiger charge is 1.96. The normalized spacial score (nSPS) is 11.5. The molecule has 0 saturated heterocycles. The number of rotatable bonds is 7. The molecule has 76 valence electrons. The van der Waals surface area contributed by atoms with E-state index in [9.17, 15) is 4.79 Å². The van der Waals surface area contributed by atoms with Crippen molar-refractivity contribution in [2.24, 2.45) is 0 Å². The molecule has 0 aromatic heterocycles. The van der Waals surface area contributed by atoms with Gasteiger partial charge in [0, 0.05) is 18.7 Å². The number of hydrogen-bond donors (Lipinski definition) is 1. The SMILES string of the molecule is CCCCN/C(=C\C(=O)CC)CC. The van der Waals surface area contributed by atoms with Crippen molar-refractivity contribution in [2.45, 2.75) is 46.5 Å². The van der Waals surface area contributed by atoms with Crippen LogP contribution in [-0.2, 0) is 4.79 Å². The van der Waals surface area contributed by atoms with Crippen molar-refractivity contribution in [1.29, 1.82) is 0 Å². The van der Waals surface area contributed by atoms with Gasteiger partial charge in [-0.2, -0.15) is 0 Å². The van der Waals surface area contributed by atoms with Crippen molar-refractivity contribution in [3.05, 3.63) is 11.8 Å². The van der Waals surface area contributed by atoms with E-state index in [1.807, 2.05) is 6.92 Å². The molecule has 0 amide bonds. The average Bonchev–Trinajstić information content (AvgIpc) is 2.16. The third-order valence-electron chi connectivity index (χ3n) is 1.95. The first kappa shape index (κ1) is 12.2. The van der Waals surface area contributed by atoms with E-state index in [-0.39, 0.29) is 5.78 Å². The monoisotopic (exact) mass is 183 g/mol. The molecule has 0 unspecified atom stereocenters. The van der Waals surface area contributed by atoms with Crippen LogP contribution in [0.3, 0.4) is 0 Å². The number of carbonyl (C=O) groups excluding carboxylic acids is 1. The van der Waals surface area contributed by atoms with E-state index in [1.54, 1.807) is 6.08 Å². The summed E-state index contributed by atoms with van der Waals surface area (Å²) >= 11 is 0. The maximum Gasteiger partial charge on any atom is 0.157 e. The highest BCUT2D eigenvalue weighted by Crippen LogP contribution is 1.98. The summed E-state index contributed by atoms with van der Waals surface area (Å²) in [5.74, 6) is 0.209. The van der Waals surface area contributed by atoms with Crippen LogP contribution in [0.4, 0.5) is 0 Å². The Morgan fingerprint density at radius 3 is 2.38 bits per heavy atom. The molecule has 0 aromatic rings. The van der Waals surface area contributed by atoms with Gasteiger partial charge in [-0.05, 0) is 18.9 Å². The minimum Gasteiger partial charge on any atom is -0.388 e. The fourth-order valence-electron chi connectivity index (χ4n) is 1.00. The zero-order chi connectivity index (χ0) is 10.1. The van der Waals surface area contributed by atoms with Gasteiger partial charge >= 0.3 is 0 Å². The summed E-state index contributed by atoms with van der Waals surface area (Å²) in [5.41, 5.74) is 1.07. The minimum atomic E-state index is 0.209. The topological polar surface area (TPSA) is 29.1 Å². The molecular weight excluding hydrogens is 162 g/mol. The molecule has 0 aliphatic rings. The zero-order valence-electron chi connectivity index (χ0n) is 9.02. The molecule has 0 atom stereocenters. The van der Waals surface area contributed by atoms with Gasteiger partial charge in [-0.25, -0.2) is 0 Å². The summed E-state index contributed by atoms with van der Waals surface area (Å²) in [5, 5.41) is 3.28. The molecule has 0 aliphatic carbocycles. The van der Waals surface area contributed by atoms with Crippen LogP contribution in [0.15, 0.2) is 11.8 Å². The molecule has 0 radical (unpaired) electrons. The Kier molecular flexibility index (Phi) is 7.36. The molecule has 0 spiro atoms. The predicted molar refractivity (Wildman–Crippen MR) is 56.6 cm³/mol. The molecule has 1 N–H and O–H groups in total. The summed E-state index contributed by atoms with van der Waals surface area (Å²) in [6, 6.07) is 0. The lowest BCUT2D eigenvalue weighted by Crippen LogP contribution is -2.15. The fraction of sp³-hybridized carbons (Fsp3) is 0.727. The Morgan fingerprint density at radius 2 is 1.92 bits per heavy atom. The number of unbranched alkanes of at least 4 members (excludes halogenated alkanes) is 1. The Hall–Kier alpha value is -0.790. The quantitative estimate of drug-likeness (QED) is 0.485. The highest BCUT2D eigenvalue weighted by atomic mass is 16.1. The lowest BCUT2D eigenvalue weighted by molar-refractivity contribution is -0.114. The molecule has 0 rings (SSSR count). The first-order valence-electron chi connectivity index (χ1n) is 5.21. The van der Waals surface area contributed by atoms with E-state index in [1.165, 1.54) is 6.42 Å². The molecular formula is C11H21NO. The smallest absolute Gasteiger partial charge is 0.157 e. The largest absolute Gasteiger partial charge is 0.388 e. The Morgan fingerprint density at radius 1 is 1.23 bits per heavy atom. The maximum absolute atomic E-state index is 11.1. The second kappa shape index (κ2) is 7.84. The van der Waals surface area contributed by atoms with E-state index in [0.717, 1.165) is 25.1 Å². The van der Waals surface area contributed by atoms with Gasteiger partial charge in [0.05, 0.1) is 0 Å². The van der Waals surface area contributed by atoms with Crippen molar-refractivity contribution < 1.29 is 4.79 Å². The summed E-state index contributed by atoms with van der Waals surface area (Å²) in [6.07, 6.45) is 5.59. The van der Waals surface area contributed by atoms with Gasteiger partial charge in [0.2, 0.25) is 0 Å². The van der Waals surface area contributed by atoms with Crippen molar-refractivity contribution in [3.63, 3.8) is 0 Å². The molecule has 2 nitrogen and oxygen atoms in total. The van der Waals surface area contributed by atoms with E-state index in [0.29, 0.717) is 6.42 Å². The van der Waals surface area contributed by atoms with Crippen LogP contribution in [0.2, 0.25) is 0 Å². The summed E-state index contributed by atoms with van der Waals surface area (Å²) in [6.45, 7) is 7.09. The number of hydrogen-bond acceptors (Lipinski definition) is 2. The summed E-state index contributed by atoms with van der Waals surface area (Å²) < 4.78 is 0. The van der Waals surface area contributed by atoms with Gasteiger partial charge in [0.25, 0.3) is 0 Å². The Labute approximate surface area is 81.4 Å². The van der Waals surface area contributed by atoms with Gasteiger partial charge in [-0.1, -0.05) is 27.2 Å². The molecule has 0 heterocycles.